The van der Waals surface area contributed by atoms with Crippen LogP contribution in [0.4, 0.5) is 0 Å². The van der Waals surface area contributed by atoms with Gasteiger partial charge in [-0.2, -0.15) is 0 Å². The van der Waals surface area contributed by atoms with Crippen molar-refractivity contribution in [1.29, 1.82) is 0 Å². The number of aliphatic hydroxyl groups excluding tert-OH is 1. The molecule has 0 radical (unpaired) electrons. The smallest absolute Gasteiger partial charge is 0.0681 e. The van der Waals surface area contributed by atoms with Crippen molar-refractivity contribution in [2.24, 2.45) is 5.73 Å². The van der Waals surface area contributed by atoms with Gasteiger partial charge >= 0.3 is 0 Å². The van der Waals surface area contributed by atoms with Crippen LogP contribution in [-0.4, -0.2) is 5.11 Å². The summed E-state index contributed by atoms with van der Waals surface area (Å²) in [7, 11) is 0. The molecule has 1 rings (SSSR count). The zero-order chi connectivity index (χ0) is 9.68. The second-order valence-electron chi connectivity index (χ2n) is 3.29. The molecule has 0 heterocycles. The molecule has 3 N–H and O–H groups in total. The monoisotopic (exact) mass is 179 g/mol. The number of aliphatic hydroxyl groups is 1. The van der Waals surface area contributed by atoms with E-state index in [0.29, 0.717) is 0 Å². The highest BCUT2D eigenvalue weighted by molar-refractivity contribution is 5.24. The van der Waals surface area contributed by atoms with Gasteiger partial charge in [0.1, 0.15) is 0 Å². The Bertz CT molecular complexity index is 243. The quantitative estimate of drug-likeness (QED) is 0.742. The second kappa shape index (κ2) is 5.00. The van der Waals surface area contributed by atoms with Crippen molar-refractivity contribution in [2.75, 3.05) is 0 Å². The molecule has 1 aromatic rings. The average Bonchev–Trinajstić information content (AvgIpc) is 2.18. The maximum absolute atomic E-state index is 8.84. The fourth-order valence-corrected chi connectivity index (χ4v) is 1.35. The van der Waals surface area contributed by atoms with Gasteiger partial charge in [0.25, 0.3) is 0 Å². The predicted octanol–water partition coefficient (Wildman–Crippen LogP) is 1.98. The molecule has 2 nitrogen and oxygen atoms in total. The van der Waals surface area contributed by atoms with Gasteiger partial charge in [0, 0.05) is 6.04 Å². The summed E-state index contributed by atoms with van der Waals surface area (Å²) >= 11 is 0. The molecule has 0 fully saturated rings. The van der Waals surface area contributed by atoms with E-state index in [9.17, 15) is 0 Å². The first-order chi connectivity index (χ1) is 6.27. The van der Waals surface area contributed by atoms with Crippen LogP contribution in [0, 0.1) is 0 Å². The van der Waals surface area contributed by atoms with E-state index in [0.717, 1.165) is 24.0 Å². The summed E-state index contributed by atoms with van der Waals surface area (Å²) in [4.78, 5) is 0. The normalized spacial score (nSPS) is 12.8. The van der Waals surface area contributed by atoms with E-state index in [1.807, 2.05) is 24.3 Å². The largest absolute Gasteiger partial charge is 0.392 e. The van der Waals surface area contributed by atoms with Gasteiger partial charge in [0.15, 0.2) is 0 Å². The van der Waals surface area contributed by atoms with Gasteiger partial charge < -0.3 is 10.8 Å². The molecule has 1 unspecified atom stereocenters. The number of rotatable bonds is 4. The average molecular weight is 179 g/mol. The van der Waals surface area contributed by atoms with Crippen LogP contribution in [0.25, 0.3) is 0 Å². The van der Waals surface area contributed by atoms with E-state index >= 15 is 0 Å². The van der Waals surface area contributed by atoms with Gasteiger partial charge in [-0.1, -0.05) is 37.6 Å². The van der Waals surface area contributed by atoms with E-state index in [1.54, 1.807) is 0 Å². The van der Waals surface area contributed by atoms with Gasteiger partial charge in [0.2, 0.25) is 0 Å². The summed E-state index contributed by atoms with van der Waals surface area (Å²) in [6, 6.07) is 7.96. The SMILES string of the molecule is CCCC(N)c1ccc(CO)cc1. The molecule has 0 aromatic heterocycles. The van der Waals surface area contributed by atoms with Crippen molar-refractivity contribution in [1.82, 2.24) is 0 Å². The molecule has 0 spiro atoms. The molecule has 0 saturated heterocycles. The number of benzene rings is 1. The van der Waals surface area contributed by atoms with E-state index in [-0.39, 0.29) is 12.6 Å². The fraction of sp³-hybridized carbons (Fsp3) is 0.455. The molecule has 13 heavy (non-hydrogen) atoms. The summed E-state index contributed by atoms with van der Waals surface area (Å²) in [6.07, 6.45) is 2.11. The standard InChI is InChI=1S/C11H17NO/c1-2-3-11(12)10-6-4-9(8-13)5-7-10/h4-7,11,13H,2-3,8,12H2,1H3. The zero-order valence-electron chi connectivity index (χ0n) is 8.03. The Balaban J connectivity index is 2.67. The third-order valence-corrected chi connectivity index (χ3v) is 2.19. The lowest BCUT2D eigenvalue weighted by Crippen LogP contribution is -2.09. The third-order valence-electron chi connectivity index (χ3n) is 2.19. The Morgan fingerprint density at radius 1 is 1.31 bits per heavy atom. The van der Waals surface area contributed by atoms with Crippen molar-refractivity contribution in [3.05, 3.63) is 35.4 Å². The van der Waals surface area contributed by atoms with Crippen molar-refractivity contribution in [3.63, 3.8) is 0 Å². The molecule has 1 atom stereocenters. The number of hydrogen-bond donors (Lipinski definition) is 2. The maximum atomic E-state index is 8.84. The minimum Gasteiger partial charge on any atom is -0.392 e. The second-order valence-corrected chi connectivity index (χ2v) is 3.29. The summed E-state index contributed by atoms with van der Waals surface area (Å²) in [5.41, 5.74) is 8.02. The van der Waals surface area contributed by atoms with Crippen molar-refractivity contribution in [3.8, 4) is 0 Å². The van der Waals surface area contributed by atoms with Gasteiger partial charge in [-0.25, -0.2) is 0 Å². The Kier molecular flexibility index (Phi) is 3.93. The predicted molar refractivity (Wildman–Crippen MR) is 54.2 cm³/mol. The van der Waals surface area contributed by atoms with Crippen LogP contribution >= 0.6 is 0 Å². The Morgan fingerprint density at radius 2 is 1.92 bits per heavy atom. The summed E-state index contributed by atoms with van der Waals surface area (Å²) in [6.45, 7) is 2.23. The van der Waals surface area contributed by atoms with Crippen molar-refractivity contribution < 1.29 is 5.11 Å². The first-order valence-electron chi connectivity index (χ1n) is 4.73. The van der Waals surface area contributed by atoms with E-state index in [1.165, 1.54) is 0 Å². The molecular formula is C11H17NO. The van der Waals surface area contributed by atoms with Gasteiger partial charge in [-0.15, -0.1) is 0 Å². The summed E-state index contributed by atoms with van der Waals surface area (Å²) in [5.74, 6) is 0. The molecular weight excluding hydrogens is 162 g/mol. The highest BCUT2D eigenvalue weighted by Gasteiger charge is 2.03. The van der Waals surface area contributed by atoms with Crippen molar-refractivity contribution in [2.45, 2.75) is 32.4 Å². The third kappa shape index (κ3) is 2.83. The van der Waals surface area contributed by atoms with Crippen LogP contribution in [0.15, 0.2) is 24.3 Å². The molecule has 72 valence electrons. The van der Waals surface area contributed by atoms with Crippen LogP contribution in [0.2, 0.25) is 0 Å². The molecule has 1 aromatic carbocycles. The van der Waals surface area contributed by atoms with Gasteiger partial charge in [0.05, 0.1) is 6.61 Å². The molecule has 0 bridgehead atoms. The minimum atomic E-state index is 0.100. The number of hydrogen-bond acceptors (Lipinski definition) is 2. The van der Waals surface area contributed by atoms with E-state index in [2.05, 4.69) is 6.92 Å². The summed E-state index contributed by atoms with van der Waals surface area (Å²) < 4.78 is 0. The minimum absolute atomic E-state index is 0.100. The van der Waals surface area contributed by atoms with Crippen LogP contribution < -0.4 is 5.73 Å². The Labute approximate surface area is 79.4 Å². The first-order valence-corrected chi connectivity index (χ1v) is 4.73. The molecule has 0 amide bonds. The summed E-state index contributed by atoms with van der Waals surface area (Å²) in [5, 5.41) is 8.84. The Morgan fingerprint density at radius 3 is 2.38 bits per heavy atom. The lowest BCUT2D eigenvalue weighted by atomic mass is 10.0. The van der Waals surface area contributed by atoms with Gasteiger partial charge in [-0.05, 0) is 17.5 Å². The lowest BCUT2D eigenvalue weighted by molar-refractivity contribution is 0.282. The highest BCUT2D eigenvalue weighted by atomic mass is 16.3. The van der Waals surface area contributed by atoms with Crippen LogP contribution in [0.5, 0.6) is 0 Å². The molecule has 0 aliphatic heterocycles. The molecule has 0 aliphatic carbocycles. The van der Waals surface area contributed by atoms with Crippen LogP contribution in [0.1, 0.15) is 36.9 Å². The first kappa shape index (κ1) is 10.2. The topological polar surface area (TPSA) is 46.2 Å². The molecule has 0 saturated carbocycles. The number of nitrogens with two attached hydrogens (primary N) is 1. The van der Waals surface area contributed by atoms with Gasteiger partial charge in [-0.3, -0.25) is 0 Å². The molecule has 0 aliphatic rings. The molecule has 2 heteroatoms. The van der Waals surface area contributed by atoms with Crippen molar-refractivity contribution >= 4 is 0 Å². The highest BCUT2D eigenvalue weighted by Crippen LogP contribution is 2.15. The van der Waals surface area contributed by atoms with Crippen LogP contribution in [-0.2, 0) is 6.61 Å². The zero-order valence-corrected chi connectivity index (χ0v) is 8.03. The fourth-order valence-electron chi connectivity index (χ4n) is 1.35. The van der Waals surface area contributed by atoms with E-state index in [4.69, 9.17) is 10.8 Å². The Hall–Kier alpha value is -0.860. The lowest BCUT2D eigenvalue weighted by Gasteiger charge is -2.10. The van der Waals surface area contributed by atoms with Crippen LogP contribution in [0.3, 0.4) is 0 Å². The van der Waals surface area contributed by atoms with E-state index < -0.39 is 0 Å². The maximum Gasteiger partial charge on any atom is 0.0681 e.